The van der Waals surface area contributed by atoms with Gasteiger partial charge in [0.1, 0.15) is 0 Å². The average molecular weight is 273 g/mol. The second kappa shape index (κ2) is 4.93. The van der Waals surface area contributed by atoms with Crippen molar-refractivity contribution in [2.45, 2.75) is 50.6 Å². The van der Waals surface area contributed by atoms with Crippen LogP contribution in [0.25, 0.3) is 0 Å². The van der Waals surface area contributed by atoms with Crippen molar-refractivity contribution in [2.75, 3.05) is 0 Å². The number of benzene rings is 1. The predicted octanol–water partition coefficient (Wildman–Crippen LogP) is 2.82. The zero-order valence-electron chi connectivity index (χ0n) is 11.5. The lowest BCUT2D eigenvalue weighted by Gasteiger charge is -2.43. The number of carbonyl (C=O) groups excluding carboxylic acids is 1. The van der Waals surface area contributed by atoms with Crippen LogP contribution in [0.2, 0.25) is 0 Å². The van der Waals surface area contributed by atoms with Crippen molar-refractivity contribution < 1.29 is 14.7 Å². The van der Waals surface area contributed by atoms with E-state index in [1.165, 1.54) is 0 Å². The monoisotopic (exact) mass is 273 g/mol. The Hall–Kier alpha value is -1.84. The number of carboxylic acid groups (broad SMARTS) is 1. The van der Waals surface area contributed by atoms with Crippen LogP contribution in [0.4, 0.5) is 0 Å². The van der Waals surface area contributed by atoms with E-state index in [0.717, 1.165) is 43.2 Å². The van der Waals surface area contributed by atoms with Crippen molar-refractivity contribution in [3.8, 4) is 0 Å². The maximum Gasteiger partial charge on any atom is 0.305 e. The quantitative estimate of drug-likeness (QED) is 0.921. The Morgan fingerprint density at radius 3 is 2.55 bits per heavy atom. The van der Waals surface area contributed by atoms with E-state index >= 15 is 0 Å². The second-order valence-electron chi connectivity index (χ2n) is 5.90. The molecular weight excluding hydrogens is 254 g/mol. The van der Waals surface area contributed by atoms with Crippen LogP contribution in [-0.4, -0.2) is 27.4 Å². The molecule has 0 radical (unpaired) electrons. The number of rotatable bonds is 3. The molecule has 3 rings (SSSR count). The molecule has 1 heterocycles. The molecule has 1 saturated carbocycles. The summed E-state index contributed by atoms with van der Waals surface area (Å²) in [6, 6.07) is 7.60. The van der Waals surface area contributed by atoms with Crippen LogP contribution in [-0.2, 0) is 11.3 Å². The summed E-state index contributed by atoms with van der Waals surface area (Å²) in [4.78, 5) is 25.7. The summed E-state index contributed by atoms with van der Waals surface area (Å²) in [5, 5.41) is 9.26. The van der Waals surface area contributed by atoms with Crippen molar-refractivity contribution in [1.29, 1.82) is 0 Å². The van der Waals surface area contributed by atoms with E-state index in [2.05, 4.69) is 0 Å². The molecule has 106 valence electrons. The highest BCUT2D eigenvalue weighted by Gasteiger charge is 2.45. The number of nitrogens with zero attached hydrogens (tertiary/aromatic N) is 1. The molecule has 0 bridgehead atoms. The number of hydrogen-bond donors (Lipinski definition) is 1. The summed E-state index contributed by atoms with van der Waals surface area (Å²) in [5.41, 5.74) is 1.27. The molecule has 0 spiro atoms. The molecule has 0 atom stereocenters. The molecule has 1 aliphatic heterocycles. The summed E-state index contributed by atoms with van der Waals surface area (Å²) in [7, 11) is 0. The Morgan fingerprint density at radius 2 is 1.90 bits per heavy atom. The van der Waals surface area contributed by atoms with Gasteiger partial charge in [-0.05, 0) is 24.5 Å². The van der Waals surface area contributed by atoms with E-state index in [9.17, 15) is 14.7 Å². The zero-order valence-corrected chi connectivity index (χ0v) is 11.5. The van der Waals surface area contributed by atoms with Gasteiger partial charge in [0.15, 0.2) is 0 Å². The lowest BCUT2D eigenvalue weighted by Crippen LogP contribution is -2.51. The summed E-state index contributed by atoms with van der Waals surface area (Å²) < 4.78 is 0. The predicted molar refractivity (Wildman–Crippen MR) is 74.4 cm³/mol. The van der Waals surface area contributed by atoms with Gasteiger partial charge >= 0.3 is 5.97 Å². The molecule has 0 aromatic heterocycles. The zero-order chi connectivity index (χ0) is 14.2. The van der Waals surface area contributed by atoms with Gasteiger partial charge in [-0.2, -0.15) is 0 Å². The summed E-state index contributed by atoms with van der Waals surface area (Å²) in [6.07, 6.45) is 4.82. The van der Waals surface area contributed by atoms with Gasteiger partial charge in [0, 0.05) is 12.1 Å². The molecular formula is C16H19NO3. The van der Waals surface area contributed by atoms with Crippen LogP contribution in [0, 0.1) is 0 Å². The lowest BCUT2D eigenvalue weighted by atomic mass is 9.78. The number of aliphatic carboxylic acids is 1. The van der Waals surface area contributed by atoms with Crippen LogP contribution in [0.15, 0.2) is 24.3 Å². The number of hydrogen-bond acceptors (Lipinski definition) is 2. The maximum absolute atomic E-state index is 12.6. The summed E-state index contributed by atoms with van der Waals surface area (Å²) in [5.74, 6) is -0.806. The molecule has 1 fully saturated rings. The highest BCUT2D eigenvalue weighted by molar-refractivity contribution is 5.99. The third-order valence-electron chi connectivity index (χ3n) is 4.66. The fourth-order valence-electron chi connectivity index (χ4n) is 3.67. The fraction of sp³-hybridized carbons (Fsp3) is 0.500. The molecule has 4 heteroatoms. The van der Waals surface area contributed by atoms with Gasteiger partial charge in [-0.1, -0.05) is 37.5 Å². The molecule has 0 saturated heterocycles. The molecule has 1 aromatic carbocycles. The first kappa shape index (κ1) is 13.2. The van der Waals surface area contributed by atoms with Crippen LogP contribution < -0.4 is 0 Å². The minimum Gasteiger partial charge on any atom is -0.481 e. The van der Waals surface area contributed by atoms with Gasteiger partial charge < -0.3 is 10.0 Å². The van der Waals surface area contributed by atoms with Gasteiger partial charge in [-0.25, -0.2) is 0 Å². The number of amides is 1. The SMILES string of the molecule is O=C(O)CC1(N2Cc3ccccc3C2=O)CCCCC1. The number of carbonyl (C=O) groups is 2. The molecule has 0 unspecified atom stereocenters. The molecule has 20 heavy (non-hydrogen) atoms. The largest absolute Gasteiger partial charge is 0.481 e. The molecule has 1 amide bonds. The molecule has 1 aromatic rings. The Kier molecular flexibility index (Phi) is 3.24. The van der Waals surface area contributed by atoms with Crippen molar-refractivity contribution in [3.05, 3.63) is 35.4 Å². The van der Waals surface area contributed by atoms with Gasteiger partial charge in [0.2, 0.25) is 0 Å². The Morgan fingerprint density at radius 1 is 1.20 bits per heavy atom. The van der Waals surface area contributed by atoms with E-state index in [1.807, 2.05) is 29.2 Å². The standard InChI is InChI=1S/C16H19NO3/c18-14(19)10-16(8-4-1-5-9-16)17-11-12-6-2-3-7-13(12)15(17)20/h2-3,6-7H,1,4-5,8-11H2,(H,18,19). The topological polar surface area (TPSA) is 57.6 Å². The van der Waals surface area contributed by atoms with Crippen molar-refractivity contribution >= 4 is 11.9 Å². The first-order valence-electron chi connectivity index (χ1n) is 7.24. The molecule has 1 aliphatic carbocycles. The van der Waals surface area contributed by atoms with Gasteiger partial charge in [0.25, 0.3) is 5.91 Å². The molecule has 1 N–H and O–H groups in total. The average Bonchev–Trinajstić information content (AvgIpc) is 2.78. The Labute approximate surface area is 118 Å². The van der Waals surface area contributed by atoms with Crippen LogP contribution in [0.1, 0.15) is 54.4 Å². The van der Waals surface area contributed by atoms with E-state index in [-0.39, 0.29) is 12.3 Å². The highest BCUT2D eigenvalue weighted by Crippen LogP contribution is 2.41. The van der Waals surface area contributed by atoms with Gasteiger partial charge in [-0.3, -0.25) is 9.59 Å². The second-order valence-corrected chi connectivity index (χ2v) is 5.90. The van der Waals surface area contributed by atoms with E-state index in [4.69, 9.17) is 0 Å². The normalized spacial score (nSPS) is 20.8. The Balaban J connectivity index is 1.94. The van der Waals surface area contributed by atoms with Crippen molar-refractivity contribution in [3.63, 3.8) is 0 Å². The van der Waals surface area contributed by atoms with Gasteiger partial charge in [-0.15, -0.1) is 0 Å². The lowest BCUT2D eigenvalue weighted by molar-refractivity contribution is -0.140. The minimum absolute atomic E-state index is 0.00347. The van der Waals surface area contributed by atoms with E-state index < -0.39 is 11.5 Å². The van der Waals surface area contributed by atoms with E-state index in [0.29, 0.717) is 6.54 Å². The Bertz CT molecular complexity index is 546. The van der Waals surface area contributed by atoms with Crippen LogP contribution >= 0.6 is 0 Å². The highest BCUT2D eigenvalue weighted by atomic mass is 16.4. The van der Waals surface area contributed by atoms with Crippen LogP contribution in [0.3, 0.4) is 0 Å². The van der Waals surface area contributed by atoms with Gasteiger partial charge in [0.05, 0.1) is 12.0 Å². The smallest absolute Gasteiger partial charge is 0.305 e. The third-order valence-corrected chi connectivity index (χ3v) is 4.66. The summed E-state index contributed by atoms with van der Waals surface area (Å²) >= 11 is 0. The minimum atomic E-state index is -0.810. The first-order chi connectivity index (χ1) is 9.62. The third kappa shape index (κ3) is 2.09. The first-order valence-corrected chi connectivity index (χ1v) is 7.24. The fourth-order valence-corrected chi connectivity index (χ4v) is 3.67. The molecule has 4 nitrogen and oxygen atoms in total. The summed E-state index contributed by atoms with van der Waals surface area (Å²) in [6.45, 7) is 0.558. The molecule has 2 aliphatic rings. The number of fused-ring (bicyclic) bond motifs is 1. The van der Waals surface area contributed by atoms with E-state index in [1.54, 1.807) is 0 Å². The maximum atomic E-state index is 12.6. The number of carboxylic acids is 1. The van der Waals surface area contributed by atoms with Crippen LogP contribution in [0.5, 0.6) is 0 Å². The van der Waals surface area contributed by atoms with Crippen molar-refractivity contribution in [1.82, 2.24) is 4.90 Å². The van der Waals surface area contributed by atoms with Crippen molar-refractivity contribution in [2.24, 2.45) is 0 Å².